The summed E-state index contributed by atoms with van der Waals surface area (Å²) in [4.78, 5) is 2.38. The zero-order chi connectivity index (χ0) is 11.8. The van der Waals surface area contributed by atoms with Crippen molar-refractivity contribution in [3.8, 4) is 0 Å². The molecule has 17 heavy (non-hydrogen) atoms. The molecule has 0 aliphatic rings. The van der Waals surface area contributed by atoms with Crippen LogP contribution in [-0.2, 0) is 0 Å². The first-order chi connectivity index (χ1) is 7.83. The first kappa shape index (κ1) is 16.0. The van der Waals surface area contributed by atoms with Gasteiger partial charge in [-0.1, -0.05) is 49.4 Å². The number of nitrogens with zero attached hydrogens (tertiary/aromatic N) is 1. The highest BCUT2D eigenvalue weighted by Crippen LogP contribution is 2.23. The van der Waals surface area contributed by atoms with Gasteiger partial charge in [0.15, 0.2) is 0 Å². The normalized spacial score (nSPS) is 11.6. The van der Waals surface area contributed by atoms with Crippen LogP contribution < -0.4 is 0 Å². The summed E-state index contributed by atoms with van der Waals surface area (Å²) >= 11 is 0. The third kappa shape index (κ3) is 4.76. The highest BCUT2D eigenvalue weighted by atomic mass is 35.5. The molecule has 0 fully saturated rings. The summed E-state index contributed by atoms with van der Waals surface area (Å²) in [5, 5.41) is 0. The molecule has 0 spiro atoms. The molecule has 0 N–H and O–H groups in total. The quantitative estimate of drug-likeness (QED) is 0.656. The number of benzene rings is 1. The average Bonchev–Trinajstić information content (AvgIpc) is 2.32. The van der Waals surface area contributed by atoms with Gasteiger partial charge in [0.2, 0.25) is 0 Å². The van der Waals surface area contributed by atoms with Crippen molar-refractivity contribution in [3.63, 3.8) is 0 Å². The van der Waals surface area contributed by atoms with Crippen LogP contribution in [0.25, 0.3) is 0 Å². The Kier molecular flexibility index (Phi) is 8.47. The SMILES string of the molecule is C=CCN(CC=C)C(CC)c1ccccc1.Cl. The second-order valence-corrected chi connectivity index (χ2v) is 3.87. The Morgan fingerprint density at radius 1 is 1.12 bits per heavy atom. The van der Waals surface area contributed by atoms with Crippen LogP contribution in [0.1, 0.15) is 24.9 Å². The van der Waals surface area contributed by atoms with Gasteiger partial charge in [0, 0.05) is 19.1 Å². The molecule has 0 radical (unpaired) electrons. The number of hydrogen-bond donors (Lipinski definition) is 0. The van der Waals surface area contributed by atoms with Gasteiger partial charge in [0.25, 0.3) is 0 Å². The zero-order valence-corrected chi connectivity index (χ0v) is 11.3. The maximum atomic E-state index is 3.82. The van der Waals surface area contributed by atoms with Crippen molar-refractivity contribution in [1.29, 1.82) is 0 Å². The van der Waals surface area contributed by atoms with Crippen LogP contribution in [0.5, 0.6) is 0 Å². The van der Waals surface area contributed by atoms with Crippen molar-refractivity contribution >= 4 is 12.4 Å². The molecule has 0 saturated carbocycles. The molecule has 0 heterocycles. The number of halogens is 1. The first-order valence-corrected chi connectivity index (χ1v) is 5.84. The van der Waals surface area contributed by atoms with Crippen molar-refractivity contribution < 1.29 is 0 Å². The van der Waals surface area contributed by atoms with Gasteiger partial charge < -0.3 is 0 Å². The van der Waals surface area contributed by atoms with E-state index in [4.69, 9.17) is 0 Å². The van der Waals surface area contributed by atoms with E-state index in [0.29, 0.717) is 6.04 Å². The molecular weight excluding hydrogens is 230 g/mol. The molecule has 0 amide bonds. The van der Waals surface area contributed by atoms with Gasteiger partial charge >= 0.3 is 0 Å². The maximum Gasteiger partial charge on any atom is 0.0352 e. The molecule has 2 heteroatoms. The van der Waals surface area contributed by atoms with Crippen LogP contribution in [0.15, 0.2) is 55.6 Å². The lowest BCUT2D eigenvalue weighted by atomic mass is 10.0. The second kappa shape index (κ2) is 9.03. The monoisotopic (exact) mass is 251 g/mol. The lowest BCUT2D eigenvalue weighted by Gasteiger charge is -2.29. The first-order valence-electron chi connectivity index (χ1n) is 5.84. The van der Waals surface area contributed by atoms with Crippen LogP contribution in [0.4, 0.5) is 0 Å². The van der Waals surface area contributed by atoms with E-state index in [-0.39, 0.29) is 12.4 Å². The molecule has 0 aliphatic heterocycles. The second-order valence-electron chi connectivity index (χ2n) is 3.87. The highest BCUT2D eigenvalue weighted by molar-refractivity contribution is 5.85. The molecule has 0 saturated heterocycles. The van der Waals surface area contributed by atoms with Crippen LogP contribution in [0, 0.1) is 0 Å². The van der Waals surface area contributed by atoms with E-state index in [0.717, 1.165) is 19.5 Å². The summed E-state index contributed by atoms with van der Waals surface area (Å²) in [6, 6.07) is 11.1. The van der Waals surface area contributed by atoms with Crippen molar-refractivity contribution in [3.05, 3.63) is 61.2 Å². The standard InChI is InChI=1S/C15H21N.ClH/c1-4-12-16(13-5-2)15(6-3)14-10-8-7-9-11-14;/h4-5,7-11,15H,1-2,6,12-13H2,3H3;1H. The predicted octanol–water partition coefficient (Wildman–Crippen LogP) is 4.23. The Morgan fingerprint density at radius 3 is 2.06 bits per heavy atom. The molecule has 1 aromatic carbocycles. The van der Waals surface area contributed by atoms with Crippen LogP contribution in [0.3, 0.4) is 0 Å². The van der Waals surface area contributed by atoms with Gasteiger partial charge in [-0.2, -0.15) is 0 Å². The summed E-state index contributed by atoms with van der Waals surface area (Å²) < 4.78 is 0. The smallest absolute Gasteiger partial charge is 0.0352 e. The van der Waals surface area contributed by atoms with E-state index in [9.17, 15) is 0 Å². The summed E-state index contributed by atoms with van der Waals surface area (Å²) in [5.41, 5.74) is 1.37. The van der Waals surface area contributed by atoms with Crippen molar-refractivity contribution in [1.82, 2.24) is 4.90 Å². The lowest BCUT2D eigenvalue weighted by Crippen LogP contribution is -2.28. The van der Waals surface area contributed by atoms with E-state index >= 15 is 0 Å². The fourth-order valence-corrected chi connectivity index (χ4v) is 2.04. The number of hydrogen-bond acceptors (Lipinski definition) is 1. The fourth-order valence-electron chi connectivity index (χ4n) is 2.04. The Morgan fingerprint density at radius 2 is 1.65 bits per heavy atom. The van der Waals surface area contributed by atoms with Crippen LogP contribution in [-0.4, -0.2) is 18.0 Å². The van der Waals surface area contributed by atoms with E-state index in [1.807, 2.05) is 12.2 Å². The Bertz CT molecular complexity index is 311. The third-order valence-electron chi connectivity index (χ3n) is 2.74. The Hall–Kier alpha value is -1.05. The average molecular weight is 252 g/mol. The minimum Gasteiger partial charge on any atom is -0.289 e. The van der Waals surface area contributed by atoms with E-state index in [1.165, 1.54) is 5.56 Å². The summed E-state index contributed by atoms with van der Waals surface area (Å²) in [5.74, 6) is 0. The van der Waals surface area contributed by atoms with Crippen molar-refractivity contribution in [2.45, 2.75) is 19.4 Å². The minimum atomic E-state index is 0. The van der Waals surface area contributed by atoms with Crippen molar-refractivity contribution in [2.75, 3.05) is 13.1 Å². The fraction of sp³-hybridized carbons (Fsp3) is 0.333. The van der Waals surface area contributed by atoms with Gasteiger partial charge in [0.1, 0.15) is 0 Å². The number of rotatable bonds is 7. The van der Waals surface area contributed by atoms with Gasteiger partial charge in [-0.3, -0.25) is 4.90 Å². The van der Waals surface area contributed by atoms with E-state index < -0.39 is 0 Å². The molecular formula is C15H22ClN. The molecule has 0 aromatic heterocycles. The molecule has 94 valence electrons. The van der Waals surface area contributed by atoms with Gasteiger partial charge in [-0.15, -0.1) is 25.6 Å². The summed E-state index contributed by atoms with van der Waals surface area (Å²) in [6.45, 7) is 11.7. The minimum absolute atomic E-state index is 0. The van der Waals surface area contributed by atoms with Crippen LogP contribution in [0.2, 0.25) is 0 Å². The summed E-state index contributed by atoms with van der Waals surface area (Å²) in [7, 11) is 0. The predicted molar refractivity (Wildman–Crippen MR) is 78.7 cm³/mol. The highest BCUT2D eigenvalue weighted by Gasteiger charge is 2.15. The lowest BCUT2D eigenvalue weighted by molar-refractivity contribution is 0.237. The zero-order valence-electron chi connectivity index (χ0n) is 10.5. The van der Waals surface area contributed by atoms with Gasteiger partial charge in [0.05, 0.1) is 0 Å². The van der Waals surface area contributed by atoms with Gasteiger partial charge in [-0.25, -0.2) is 0 Å². The van der Waals surface area contributed by atoms with Crippen LogP contribution >= 0.6 is 12.4 Å². The molecule has 1 aromatic rings. The molecule has 1 unspecified atom stereocenters. The molecule has 1 atom stereocenters. The van der Waals surface area contributed by atoms with Crippen molar-refractivity contribution in [2.24, 2.45) is 0 Å². The van der Waals surface area contributed by atoms with E-state index in [2.05, 4.69) is 55.3 Å². The maximum absolute atomic E-state index is 3.82. The largest absolute Gasteiger partial charge is 0.289 e. The molecule has 1 nitrogen and oxygen atoms in total. The summed E-state index contributed by atoms with van der Waals surface area (Å²) in [6.07, 6.45) is 5.01. The van der Waals surface area contributed by atoms with Gasteiger partial charge in [-0.05, 0) is 12.0 Å². The topological polar surface area (TPSA) is 3.24 Å². The third-order valence-corrected chi connectivity index (χ3v) is 2.74. The molecule has 1 rings (SSSR count). The Balaban J connectivity index is 0.00000256. The van der Waals surface area contributed by atoms with E-state index in [1.54, 1.807) is 0 Å². The molecule has 0 bridgehead atoms. The Labute approximate surface area is 111 Å². The molecule has 0 aliphatic carbocycles.